The Bertz CT molecular complexity index is 892. The number of aliphatic imine (C=N–C) groups is 1. The second kappa shape index (κ2) is 12.2. The predicted octanol–water partition coefficient (Wildman–Crippen LogP) is 4.96. The van der Waals surface area contributed by atoms with Gasteiger partial charge in [0.15, 0.2) is 5.96 Å². The third-order valence-corrected chi connectivity index (χ3v) is 6.34. The van der Waals surface area contributed by atoms with E-state index in [2.05, 4.69) is 61.5 Å². The third-order valence-electron chi connectivity index (χ3n) is 6.01. The molecule has 0 radical (unpaired) electrons. The number of nitrogens with one attached hydrogen (secondary N) is 1. The minimum absolute atomic E-state index is 0. The molecule has 8 heteroatoms. The fourth-order valence-corrected chi connectivity index (χ4v) is 4.69. The Morgan fingerprint density at radius 3 is 2.62 bits per heavy atom. The van der Waals surface area contributed by atoms with Gasteiger partial charge in [-0.2, -0.15) is 5.10 Å². The number of hydrogen-bond acceptors (Lipinski definition) is 3. The molecular formula is C24H37ClIN5O. The van der Waals surface area contributed by atoms with Crippen molar-refractivity contribution in [2.75, 3.05) is 33.4 Å². The summed E-state index contributed by atoms with van der Waals surface area (Å²) < 4.78 is 7.58. The quantitative estimate of drug-likeness (QED) is 0.289. The molecule has 0 unspecified atom stereocenters. The maximum atomic E-state index is 6.62. The summed E-state index contributed by atoms with van der Waals surface area (Å²) in [6.45, 7) is 10.2. The van der Waals surface area contributed by atoms with Crippen LogP contribution in [0.15, 0.2) is 35.5 Å². The first-order valence-corrected chi connectivity index (χ1v) is 11.6. The zero-order valence-electron chi connectivity index (χ0n) is 19.9. The Hall–Kier alpha value is -1.32. The van der Waals surface area contributed by atoms with Crippen molar-refractivity contribution in [3.05, 3.63) is 52.3 Å². The molecule has 6 nitrogen and oxygen atoms in total. The summed E-state index contributed by atoms with van der Waals surface area (Å²) in [5.41, 5.74) is 3.45. The molecule has 0 spiro atoms. The Kier molecular flexibility index (Phi) is 10.3. The molecule has 2 heterocycles. The first-order chi connectivity index (χ1) is 14.9. The van der Waals surface area contributed by atoms with E-state index in [-0.39, 0.29) is 29.4 Å². The maximum absolute atomic E-state index is 6.62. The first-order valence-electron chi connectivity index (χ1n) is 11.2. The topological polar surface area (TPSA) is 54.7 Å². The Balaban J connectivity index is 0.00000363. The van der Waals surface area contributed by atoms with Crippen LogP contribution in [0.25, 0.3) is 0 Å². The second-order valence-corrected chi connectivity index (χ2v) is 9.17. The van der Waals surface area contributed by atoms with Gasteiger partial charge in [-0.3, -0.25) is 9.67 Å². The van der Waals surface area contributed by atoms with Crippen molar-refractivity contribution in [3.63, 3.8) is 0 Å². The molecular weight excluding hydrogens is 537 g/mol. The van der Waals surface area contributed by atoms with E-state index in [4.69, 9.17) is 21.3 Å². The highest BCUT2D eigenvalue weighted by Crippen LogP contribution is 2.39. The summed E-state index contributed by atoms with van der Waals surface area (Å²) in [6, 6.07) is 8.17. The average molecular weight is 574 g/mol. The van der Waals surface area contributed by atoms with Crippen LogP contribution in [0.2, 0.25) is 5.02 Å². The molecule has 0 aliphatic carbocycles. The summed E-state index contributed by atoms with van der Waals surface area (Å²) in [4.78, 5) is 7.28. The van der Waals surface area contributed by atoms with Gasteiger partial charge in [-0.1, -0.05) is 43.6 Å². The molecule has 1 aromatic carbocycles. The van der Waals surface area contributed by atoms with Gasteiger partial charge in [0.1, 0.15) is 0 Å². The van der Waals surface area contributed by atoms with Gasteiger partial charge < -0.3 is 15.0 Å². The lowest BCUT2D eigenvalue weighted by molar-refractivity contribution is 0.0530. The van der Waals surface area contributed by atoms with Gasteiger partial charge in [0.2, 0.25) is 0 Å². The predicted molar refractivity (Wildman–Crippen MR) is 143 cm³/mol. The standard InChI is InChI=1S/C24H36ClN5O.HI/c1-6-26-23(29(4)15-19-16-30(5)28-22(19)18(2)3)27-17-24(11-13-31-14-12-24)20-9-7-8-10-21(20)25;/h7-10,16,18H,6,11-15,17H2,1-5H3,(H,26,27);1H. The fraction of sp³-hybridized carbons (Fsp3) is 0.583. The summed E-state index contributed by atoms with van der Waals surface area (Å²) >= 11 is 6.62. The highest BCUT2D eigenvalue weighted by molar-refractivity contribution is 14.0. The van der Waals surface area contributed by atoms with Crippen molar-refractivity contribution >= 4 is 41.5 Å². The summed E-state index contributed by atoms with van der Waals surface area (Å²) in [5.74, 6) is 1.29. The zero-order valence-corrected chi connectivity index (χ0v) is 23.0. The molecule has 2 aromatic rings. The van der Waals surface area contributed by atoms with Crippen LogP contribution in [-0.4, -0.2) is 54.0 Å². The van der Waals surface area contributed by atoms with E-state index in [0.29, 0.717) is 12.5 Å². The normalized spacial score (nSPS) is 16.0. The first kappa shape index (κ1) is 26.9. The molecule has 1 fully saturated rings. The van der Waals surface area contributed by atoms with E-state index < -0.39 is 0 Å². The van der Waals surface area contributed by atoms with E-state index in [1.807, 2.05) is 23.9 Å². The van der Waals surface area contributed by atoms with E-state index >= 15 is 0 Å². The van der Waals surface area contributed by atoms with E-state index in [9.17, 15) is 0 Å². The lowest BCUT2D eigenvalue weighted by Gasteiger charge is -2.37. The Morgan fingerprint density at radius 2 is 2.00 bits per heavy atom. The molecule has 3 rings (SSSR count). The molecule has 0 bridgehead atoms. The van der Waals surface area contributed by atoms with Crippen molar-refractivity contribution in [1.82, 2.24) is 20.0 Å². The van der Waals surface area contributed by atoms with Crippen LogP contribution in [-0.2, 0) is 23.7 Å². The highest BCUT2D eigenvalue weighted by atomic mass is 127. The minimum Gasteiger partial charge on any atom is -0.381 e. The van der Waals surface area contributed by atoms with Gasteiger partial charge >= 0.3 is 0 Å². The lowest BCUT2D eigenvalue weighted by atomic mass is 9.74. The number of aryl methyl sites for hydroxylation is 1. The van der Waals surface area contributed by atoms with Gasteiger partial charge in [-0.15, -0.1) is 24.0 Å². The molecule has 1 aliphatic heterocycles. The summed E-state index contributed by atoms with van der Waals surface area (Å²) in [7, 11) is 4.07. The molecule has 0 amide bonds. The Morgan fingerprint density at radius 1 is 1.31 bits per heavy atom. The second-order valence-electron chi connectivity index (χ2n) is 8.77. The number of aromatic nitrogens is 2. The van der Waals surface area contributed by atoms with Crippen LogP contribution >= 0.6 is 35.6 Å². The fourth-order valence-electron chi connectivity index (χ4n) is 4.36. The van der Waals surface area contributed by atoms with Gasteiger partial charge in [0, 0.05) is 62.6 Å². The largest absolute Gasteiger partial charge is 0.381 e. The molecule has 32 heavy (non-hydrogen) atoms. The maximum Gasteiger partial charge on any atom is 0.193 e. The summed E-state index contributed by atoms with van der Waals surface area (Å²) in [5, 5.41) is 8.93. The van der Waals surface area contributed by atoms with Crippen LogP contribution in [0.1, 0.15) is 56.4 Å². The molecule has 1 aromatic heterocycles. The van der Waals surface area contributed by atoms with Crippen molar-refractivity contribution in [3.8, 4) is 0 Å². The van der Waals surface area contributed by atoms with Crippen molar-refractivity contribution in [1.29, 1.82) is 0 Å². The minimum atomic E-state index is -0.102. The van der Waals surface area contributed by atoms with Crippen LogP contribution < -0.4 is 5.32 Å². The number of benzene rings is 1. The Labute approximate surface area is 214 Å². The summed E-state index contributed by atoms with van der Waals surface area (Å²) in [6.07, 6.45) is 3.95. The van der Waals surface area contributed by atoms with Gasteiger partial charge in [-0.25, -0.2) is 0 Å². The number of ether oxygens (including phenoxy) is 1. The molecule has 1 N–H and O–H groups in total. The number of guanidine groups is 1. The van der Waals surface area contributed by atoms with Crippen LogP contribution in [0.5, 0.6) is 0 Å². The van der Waals surface area contributed by atoms with Gasteiger partial charge in [-0.05, 0) is 37.3 Å². The van der Waals surface area contributed by atoms with Gasteiger partial charge in [0.25, 0.3) is 0 Å². The number of nitrogens with zero attached hydrogens (tertiary/aromatic N) is 4. The van der Waals surface area contributed by atoms with E-state index in [1.54, 1.807) is 0 Å². The average Bonchev–Trinajstić information content (AvgIpc) is 3.12. The number of halogens is 2. The molecule has 1 aliphatic rings. The van der Waals surface area contributed by atoms with E-state index in [1.165, 1.54) is 11.1 Å². The molecule has 0 saturated carbocycles. The van der Waals surface area contributed by atoms with E-state index in [0.717, 1.165) is 55.8 Å². The van der Waals surface area contributed by atoms with Crippen molar-refractivity contribution in [2.45, 2.75) is 51.5 Å². The van der Waals surface area contributed by atoms with Crippen LogP contribution in [0.3, 0.4) is 0 Å². The third kappa shape index (κ3) is 6.38. The lowest BCUT2D eigenvalue weighted by Crippen LogP contribution is -2.42. The smallest absolute Gasteiger partial charge is 0.193 e. The monoisotopic (exact) mass is 573 g/mol. The zero-order chi connectivity index (χ0) is 22.4. The van der Waals surface area contributed by atoms with Crippen LogP contribution in [0.4, 0.5) is 0 Å². The number of hydrogen-bond donors (Lipinski definition) is 1. The molecule has 0 atom stereocenters. The SMILES string of the molecule is CCNC(=NCC1(c2ccccc2Cl)CCOCC1)N(C)Cc1cn(C)nc1C(C)C.I. The highest BCUT2D eigenvalue weighted by Gasteiger charge is 2.36. The molecule has 1 saturated heterocycles. The van der Waals surface area contributed by atoms with Crippen molar-refractivity contribution in [2.24, 2.45) is 12.0 Å². The van der Waals surface area contributed by atoms with Gasteiger partial charge in [0.05, 0.1) is 12.2 Å². The van der Waals surface area contributed by atoms with Crippen LogP contribution in [0, 0.1) is 0 Å². The van der Waals surface area contributed by atoms with Crippen molar-refractivity contribution < 1.29 is 4.74 Å². The molecule has 178 valence electrons. The number of rotatable bonds is 7.